The number of benzene rings is 1. The standard InChI is InChI=1S/C15H20N2O/c16-8-12-4-3-7-17(9-12)10-13-11-18-15-6-2-1-5-14(13)15/h1-2,5-6,11-12H,3-4,7-10,16H2. The number of fused-ring (bicyclic) bond motifs is 1. The monoisotopic (exact) mass is 244 g/mol. The van der Waals surface area contributed by atoms with E-state index < -0.39 is 0 Å². The molecule has 0 radical (unpaired) electrons. The molecule has 3 rings (SSSR count). The lowest BCUT2D eigenvalue weighted by molar-refractivity contribution is 0.171. The van der Waals surface area contributed by atoms with Crippen LogP contribution in [0.1, 0.15) is 18.4 Å². The predicted octanol–water partition coefficient (Wildman–Crippen LogP) is 2.60. The van der Waals surface area contributed by atoms with Gasteiger partial charge in [-0.1, -0.05) is 18.2 Å². The SMILES string of the molecule is NCC1CCCN(Cc2coc3ccccc23)C1. The van der Waals surface area contributed by atoms with Crippen molar-refractivity contribution < 1.29 is 4.42 Å². The number of piperidine rings is 1. The van der Waals surface area contributed by atoms with Crippen molar-refractivity contribution in [3.05, 3.63) is 36.1 Å². The van der Waals surface area contributed by atoms with Gasteiger partial charge in [0.1, 0.15) is 5.58 Å². The van der Waals surface area contributed by atoms with Crippen molar-refractivity contribution in [3.8, 4) is 0 Å². The van der Waals surface area contributed by atoms with Gasteiger partial charge in [0.15, 0.2) is 0 Å². The lowest BCUT2D eigenvalue weighted by atomic mass is 9.98. The van der Waals surface area contributed by atoms with Gasteiger partial charge in [-0.2, -0.15) is 0 Å². The van der Waals surface area contributed by atoms with E-state index in [0.717, 1.165) is 25.2 Å². The zero-order valence-corrected chi connectivity index (χ0v) is 10.6. The number of para-hydroxylation sites is 1. The van der Waals surface area contributed by atoms with Crippen LogP contribution >= 0.6 is 0 Å². The van der Waals surface area contributed by atoms with Crippen LogP contribution in [0.3, 0.4) is 0 Å². The first-order chi connectivity index (χ1) is 8.86. The Morgan fingerprint density at radius 1 is 1.33 bits per heavy atom. The molecule has 3 nitrogen and oxygen atoms in total. The molecule has 1 aliphatic heterocycles. The van der Waals surface area contributed by atoms with E-state index in [0.29, 0.717) is 5.92 Å². The fourth-order valence-corrected chi connectivity index (χ4v) is 2.88. The van der Waals surface area contributed by atoms with Crippen LogP contribution in [-0.4, -0.2) is 24.5 Å². The summed E-state index contributed by atoms with van der Waals surface area (Å²) < 4.78 is 5.59. The zero-order chi connectivity index (χ0) is 12.4. The van der Waals surface area contributed by atoms with E-state index in [-0.39, 0.29) is 0 Å². The minimum Gasteiger partial charge on any atom is -0.464 e. The molecule has 3 heteroatoms. The molecule has 2 N–H and O–H groups in total. The number of hydrogen-bond donors (Lipinski definition) is 1. The van der Waals surface area contributed by atoms with Gasteiger partial charge in [0.2, 0.25) is 0 Å². The van der Waals surface area contributed by atoms with Crippen molar-refractivity contribution in [2.45, 2.75) is 19.4 Å². The molecule has 1 saturated heterocycles. The third kappa shape index (κ3) is 2.28. The lowest BCUT2D eigenvalue weighted by Crippen LogP contribution is -2.37. The van der Waals surface area contributed by atoms with Gasteiger partial charge >= 0.3 is 0 Å². The zero-order valence-electron chi connectivity index (χ0n) is 10.6. The molecule has 1 aliphatic rings. The summed E-state index contributed by atoms with van der Waals surface area (Å²) in [6.45, 7) is 4.09. The Kier molecular flexibility index (Phi) is 3.35. The molecule has 1 unspecified atom stereocenters. The van der Waals surface area contributed by atoms with Crippen LogP contribution in [0.5, 0.6) is 0 Å². The average molecular weight is 244 g/mol. The first-order valence-electron chi connectivity index (χ1n) is 6.74. The lowest BCUT2D eigenvalue weighted by Gasteiger charge is -2.31. The normalized spacial score (nSPS) is 21.5. The molecule has 1 atom stereocenters. The Hall–Kier alpha value is -1.32. The molecule has 1 aromatic carbocycles. The van der Waals surface area contributed by atoms with Crippen molar-refractivity contribution in [2.75, 3.05) is 19.6 Å². The van der Waals surface area contributed by atoms with Crippen molar-refractivity contribution in [1.29, 1.82) is 0 Å². The largest absolute Gasteiger partial charge is 0.464 e. The van der Waals surface area contributed by atoms with Gasteiger partial charge in [-0.15, -0.1) is 0 Å². The highest BCUT2D eigenvalue weighted by atomic mass is 16.3. The van der Waals surface area contributed by atoms with Crippen LogP contribution < -0.4 is 5.73 Å². The van der Waals surface area contributed by atoms with Crippen molar-refractivity contribution in [3.63, 3.8) is 0 Å². The molecule has 0 bridgehead atoms. The number of hydrogen-bond acceptors (Lipinski definition) is 3. The van der Waals surface area contributed by atoms with Gasteiger partial charge in [-0.3, -0.25) is 4.90 Å². The average Bonchev–Trinajstić information content (AvgIpc) is 2.83. The number of furan rings is 1. The molecular weight excluding hydrogens is 224 g/mol. The Morgan fingerprint density at radius 2 is 2.22 bits per heavy atom. The molecule has 0 aliphatic carbocycles. The number of likely N-dealkylation sites (tertiary alicyclic amines) is 1. The molecule has 0 spiro atoms. The summed E-state index contributed by atoms with van der Waals surface area (Å²) in [6.07, 6.45) is 4.44. The van der Waals surface area contributed by atoms with Gasteiger partial charge < -0.3 is 10.2 Å². The topological polar surface area (TPSA) is 42.4 Å². The maximum Gasteiger partial charge on any atom is 0.134 e. The summed E-state index contributed by atoms with van der Waals surface area (Å²) in [6, 6.07) is 8.25. The highest BCUT2D eigenvalue weighted by Gasteiger charge is 2.19. The minimum absolute atomic E-state index is 0.664. The smallest absolute Gasteiger partial charge is 0.134 e. The fraction of sp³-hybridized carbons (Fsp3) is 0.467. The number of nitrogens with zero attached hydrogens (tertiary/aromatic N) is 1. The quantitative estimate of drug-likeness (QED) is 0.902. The molecule has 2 heterocycles. The Balaban J connectivity index is 1.76. The summed E-state index contributed by atoms with van der Waals surface area (Å²) in [7, 11) is 0. The van der Waals surface area contributed by atoms with Crippen molar-refractivity contribution in [1.82, 2.24) is 4.90 Å². The maximum absolute atomic E-state index is 5.78. The van der Waals surface area contributed by atoms with E-state index in [2.05, 4.69) is 17.0 Å². The predicted molar refractivity (Wildman–Crippen MR) is 73.3 cm³/mol. The fourth-order valence-electron chi connectivity index (χ4n) is 2.88. The second-order valence-corrected chi connectivity index (χ2v) is 5.24. The van der Waals surface area contributed by atoms with Crippen LogP contribution in [0.25, 0.3) is 11.0 Å². The van der Waals surface area contributed by atoms with Gasteiger partial charge in [-0.25, -0.2) is 0 Å². The van der Waals surface area contributed by atoms with E-state index in [4.69, 9.17) is 10.2 Å². The first-order valence-corrected chi connectivity index (χ1v) is 6.74. The van der Waals surface area contributed by atoms with Crippen molar-refractivity contribution >= 4 is 11.0 Å². The summed E-state index contributed by atoms with van der Waals surface area (Å²) >= 11 is 0. The third-order valence-electron chi connectivity index (χ3n) is 3.89. The van der Waals surface area contributed by atoms with E-state index in [1.807, 2.05) is 18.4 Å². The Morgan fingerprint density at radius 3 is 3.11 bits per heavy atom. The molecule has 96 valence electrons. The molecule has 0 saturated carbocycles. The molecule has 1 aromatic heterocycles. The Labute approximate surface area is 108 Å². The van der Waals surface area contributed by atoms with Crippen LogP contribution in [0.15, 0.2) is 34.9 Å². The summed E-state index contributed by atoms with van der Waals surface area (Å²) in [5, 5.41) is 1.24. The van der Waals surface area contributed by atoms with Crippen LogP contribution in [0, 0.1) is 5.92 Å². The highest BCUT2D eigenvalue weighted by molar-refractivity contribution is 5.80. The summed E-state index contributed by atoms with van der Waals surface area (Å²) in [5.74, 6) is 0.664. The van der Waals surface area contributed by atoms with Crippen LogP contribution in [0.4, 0.5) is 0 Å². The second-order valence-electron chi connectivity index (χ2n) is 5.24. The maximum atomic E-state index is 5.78. The second kappa shape index (κ2) is 5.12. The third-order valence-corrected chi connectivity index (χ3v) is 3.89. The summed E-state index contributed by atoms with van der Waals surface area (Å²) in [4.78, 5) is 2.50. The van der Waals surface area contributed by atoms with E-state index >= 15 is 0 Å². The molecule has 18 heavy (non-hydrogen) atoms. The van der Waals surface area contributed by atoms with Crippen LogP contribution in [-0.2, 0) is 6.54 Å². The van der Waals surface area contributed by atoms with Gasteiger partial charge in [0.05, 0.1) is 6.26 Å². The van der Waals surface area contributed by atoms with Crippen molar-refractivity contribution in [2.24, 2.45) is 11.7 Å². The summed E-state index contributed by atoms with van der Waals surface area (Å²) in [5.41, 5.74) is 8.06. The van der Waals surface area contributed by atoms with Gasteiger partial charge in [0, 0.05) is 24.0 Å². The number of rotatable bonds is 3. The number of nitrogens with two attached hydrogens (primary N) is 1. The first kappa shape index (κ1) is 11.8. The minimum atomic E-state index is 0.664. The molecule has 1 fully saturated rings. The van der Waals surface area contributed by atoms with Gasteiger partial charge in [-0.05, 0) is 37.9 Å². The van der Waals surface area contributed by atoms with E-state index in [1.165, 1.54) is 30.3 Å². The molecular formula is C15H20N2O. The molecule has 2 aromatic rings. The van der Waals surface area contributed by atoms with Gasteiger partial charge in [0.25, 0.3) is 0 Å². The van der Waals surface area contributed by atoms with E-state index in [1.54, 1.807) is 0 Å². The van der Waals surface area contributed by atoms with E-state index in [9.17, 15) is 0 Å². The van der Waals surface area contributed by atoms with Crippen LogP contribution in [0.2, 0.25) is 0 Å². The Bertz CT molecular complexity index is 520. The highest BCUT2D eigenvalue weighted by Crippen LogP contribution is 2.24. The molecule has 0 amide bonds.